The number of alkyl halides is 3. The van der Waals surface area contributed by atoms with Crippen LogP contribution in [0.4, 0.5) is 13.2 Å². The quantitative estimate of drug-likeness (QED) is 0.781. The van der Waals surface area contributed by atoms with Gasteiger partial charge in [0.15, 0.2) is 5.65 Å². The van der Waals surface area contributed by atoms with E-state index in [1.54, 1.807) is 24.3 Å². The number of nitrogens with one attached hydrogen (secondary N) is 1. The van der Waals surface area contributed by atoms with Crippen LogP contribution >= 0.6 is 11.6 Å². The first-order valence-corrected chi connectivity index (χ1v) is 7.43. The molecule has 1 atom stereocenters. The van der Waals surface area contributed by atoms with E-state index in [0.29, 0.717) is 10.7 Å². The van der Waals surface area contributed by atoms with Gasteiger partial charge in [-0.1, -0.05) is 30.7 Å². The van der Waals surface area contributed by atoms with Crippen LogP contribution in [-0.4, -0.2) is 25.9 Å². The van der Waals surface area contributed by atoms with E-state index < -0.39 is 24.1 Å². The molecule has 24 heavy (non-hydrogen) atoms. The molecule has 0 fully saturated rings. The molecular weight excluding hydrogens is 345 g/mol. The molecule has 0 radical (unpaired) electrons. The first kappa shape index (κ1) is 16.5. The fourth-order valence-electron chi connectivity index (χ4n) is 2.27. The molecule has 0 amide bonds. The monoisotopic (exact) mass is 356 g/mol. The molecule has 1 aromatic carbocycles. The van der Waals surface area contributed by atoms with E-state index in [1.807, 2.05) is 0 Å². The Morgan fingerprint density at radius 2 is 2.04 bits per heavy atom. The fourth-order valence-corrected chi connectivity index (χ4v) is 2.48. The van der Waals surface area contributed by atoms with E-state index in [1.165, 1.54) is 10.9 Å². The van der Waals surface area contributed by atoms with Crippen molar-refractivity contribution in [3.63, 3.8) is 0 Å². The summed E-state index contributed by atoms with van der Waals surface area (Å²) in [5.74, 6) is -1.68. The Balaban J connectivity index is 2.12. The Hall–Kier alpha value is -2.35. The summed E-state index contributed by atoms with van der Waals surface area (Å²) in [6.45, 7) is 1.04. The van der Waals surface area contributed by atoms with Crippen LogP contribution in [0.25, 0.3) is 16.7 Å². The minimum atomic E-state index is -4.36. The van der Waals surface area contributed by atoms with Gasteiger partial charge >= 0.3 is 6.18 Å². The normalized spacial score (nSPS) is 13.4. The molecular formula is C15H12ClF3N4O. The molecule has 0 unspecified atom stereocenters. The van der Waals surface area contributed by atoms with Crippen molar-refractivity contribution in [3.8, 4) is 5.69 Å². The number of hydrogen-bond acceptors (Lipinski definition) is 3. The van der Waals surface area contributed by atoms with Gasteiger partial charge in [-0.3, -0.25) is 4.79 Å². The highest BCUT2D eigenvalue weighted by Gasteiger charge is 2.36. The standard InChI is InChI=1S/C15H12ClF3N4O/c1-8(15(17,18)19)6-12-21-13-9(14(24)22-12)7-20-23(13)11-5-3-2-4-10(11)16/h2-5,7-8H,6H2,1H3,(H,21,22,24)/t8-/m1/s1. The summed E-state index contributed by atoms with van der Waals surface area (Å²) in [4.78, 5) is 18.6. The minimum Gasteiger partial charge on any atom is -0.310 e. The van der Waals surface area contributed by atoms with E-state index in [2.05, 4.69) is 15.1 Å². The van der Waals surface area contributed by atoms with Crippen LogP contribution in [0.1, 0.15) is 12.7 Å². The molecule has 0 spiro atoms. The summed E-state index contributed by atoms with van der Waals surface area (Å²) < 4.78 is 39.5. The number of nitrogens with zero attached hydrogens (tertiary/aromatic N) is 3. The molecule has 0 saturated carbocycles. The molecule has 2 aromatic heterocycles. The summed E-state index contributed by atoms with van der Waals surface area (Å²) in [5, 5.41) is 4.65. The van der Waals surface area contributed by atoms with E-state index in [9.17, 15) is 18.0 Å². The number of aromatic nitrogens is 4. The Labute approximate surface area is 139 Å². The molecule has 0 aliphatic carbocycles. The number of fused-ring (bicyclic) bond motifs is 1. The third kappa shape index (κ3) is 3.01. The van der Waals surface area contributed by atoms with Crippen LogP contribution in [0.2, 0.25) is 5.02 Å². The van der Waals surface area contributed by atoms with Crippen LogP contribution < -0.4 is 5.56 Å². The summed E-state index contributed by atoms with van der Waals surface area (Å²) in [5.41, 5.74) is 0.112. The summed E-state index contributed by atoms with van der Waals surface area (Å²) in [6, 6.07) is 6.78. The lowest BCUT2D eigenvalue weighted by atomic mass is 10.1. The molecule has 0 aliphatic rings. The Kier molecular flexibility index (Phi) is 4.08. The van der Waals surface area contributed by atoms with Crippen molar-refractivity contribution in [2.45, 2.75) is 19.5 Å². The first-order valence-electron chi connectivity index (χ1n) is 7.06. The van der Waals surface area contributed by atoms with Gasteiger partial charge in [-0.05, 0) is 12.1 Å². The topological polar surface area (TPSA) is 63.6 Å². The lowest BCUT2D eigenvalue weighted by molar-refractivity contribution is -0.169. The van der Waals surface area contributed by atoms with Gasteiger partial charge in [0, 0.05) is 6.42 Å². The highest BCUT2D eigenvalue weighted by molar-refractivity contribution is 6.32. The van der Waals surface area contributed by atoms with Gasteiger partial charge in [-0.25, -0.2) is 9.67 Å². The highest BCUT2D eigenvalue weighted by Crippen LogP contribution is 2.28. The number of halogens is 4. The number of hydrogen-bond donors (Lipinski definition) is 1. The van der Waals surface area contributed by atoms with E-state index >= 15 is 0 Å². The number of benzene rings is 1. The van der Waals surface area contributed by atoms with Crippen molar-refractivity contribution in [3.05, 3.63) is 51.7 Å². The van der Waals surface area contributed by atoms with E-state index in [-0.39, 0.29) is 16.9 Å². The number of H-pyrrole nitrogens is 1. The molecule has 0 bridgehead atoms. The van der Waals surface area contributed by atoms with Gasteiger partial charge in [0.2, 0.25) is 0 Å². The molecule has 0 aliphatic heterocycles. The molecule has 5 nitrogen and oxygen atoms in total. The maximum absolute atomic E-state index is 12.7. The maximum Gasteiger partial charge on any atom is 0.391 e. The SMILES string of the molecule is C[C@H](Cc1nc2c(cnn2-c2ccccc2Cl)c(=O)[nH]1)C(F)(F)F. The van der Waals surface area contributed by atoms with Gasteiger partial charge < -0.3 is 4.98 Å². The van der Waals surface area contributed by atoms with Gasteiger partial charge in [0.05, 0.1) is 22.8 Å². The summed E-state index contributed by atoms with van der Waals surface area (Å²) in [6.07, 6.45) is -3.49. The molecule has 3 rings (SSSR count). The second-order valence-corrected chi connectivity index (χ2v) is 5.81. The molecule has 0 saturated heterocycles. The largest absolute Gasteiger partial charge is 0.391 e. The number of rotatable bonds is 3. The zero-order chi connectivity index (χ0) is 17.5. The highest BCUT2D eigenvalue weighted by atomic mass is 35.5. The van der Waals surface area contributed by atoms with E-state index in [0.717, 1.165) is 6.92 Å². The maximum atomic E-state index is 12.7. The number of para-hydroxylation sites is 1. The lowest BCUT2D eigenvalue weighted by Crippen LogP contribution is -2.24. The van der Waals surface area contributed by atoms with Crippen molar-refractivity contribution < 1.29 is 13.2 Å². The fraction of sp³-hybridized carbons (Fsp3) is 0.267. The van der Waals surface area contributed by atoms with Gasteiger partial charge in [-0.15, -0.1) is 0 Å². The van der Waals surface area contributed by atoms with Crippen LogP contribution in [0.3, 0.4) is 0 Å². The van der Waals surface area contributed by atoms with Gasteiger partial charge in [-0.2, -0.15) is 18.3 Å². The molecule has 126 valence electrons. The zero-order valence-corrected chi connectivity index (χ0v) is 13.2. The van der Waals surface area contributed by atoms with Crippen LogP contribution in [0.15, 0.2) is 35.3 Å². The Morgan fingerprint density at radius 3 is 2.71 bits per heavy atom. The Morgan fingerprint density at radius 1 is 1.33 bits per heavy atom. The van der Waals surface area contributed by atoms with E-state index in [4.69, 9.17) is 11.6 Å². The average Bonchev–Trinajstić information content (AvgIpc) is 2.91. The second-order valence-electron chi connectivity index (χ2n) is 5.40. The van der Waals surface area contributed by atoms with Crippen molar-refractivity contribution in [1.29, 1.82) is 0 Å². The average molecular weight is 357 g/mol. The lowest BCUT2D eigenvalue weighted by Gasteiger charge is -2.14. The summed E-state index contributed by atoms with van der Waals surface area (Å²) in [7, 11) is 0. The first-order chi connectivity index (χ1) is 11.3. The van der Waals surface area contributed by atoms with Gasteiger partial charge in [0.1, 0.15) is 11.2 Å². The predicted molar refractivity (Wildman–Crippen MR) is 83.4 cm³/mol. The molecule has 2 heterocycles. The van der Waals surface area contributed by atoms with Crippen LogP contribution in [0, 0.1) is 5.92 Å². The van der Waals surface area contributed by atoms with Crippen molar-refractivity contribution in [2.75, 3.05) is 0 Å². The smallest absolute Gasteiger partial charge is 0.310 e. The van der Waals surface area contributed by atoms with Crippen molar-refractivity contribution in [1.82, 2.24) is 19.7 Å². The molecule has 3 aromatic rings. The second kappa shape index (κ2) is 5.94. The van der Waals surface area contributed by atoms with Crippen molar-refractivity contribution in [2.24, 2.45) is 5.92 Å². The third-order valence-electron chi connectivity index (χ3n) is 3.63. The molecule has 9 heteroatoms. The summed E-state index contributed by atoms with van der Waals surface area (Å²) >= 11 is 6.12. The van der Waals surface area contributed by atoms with Crippen molar-refractivity contribution >= 4 is 22.6 Å². The zero-order valence-electron chi connectivity index (χ0n) is 12.4. The minimum absolute atomic E-state index is 0.0499. The van der Waals surface area contributed by atoms with Gasteiger partial charge in [0.25, 0.3) is 5.56 Å². The third-order valence-corrected chi connectivity index (χ3v) is 3.95. The molecule has 1 N–H and O–H groups in total. The Bertz CT molecular complexity index is 948. The van der Waals surface area contributed by atoms with Crippen LogP contribution in [-0.2, 0) is 6.42 Å². The number of aromatic amines is 1. The van der Waals surface area contributed by atoms with Crippen LogP contribution in [0.5, 0.6) is 0 Å². The predicted octanol–water partition coefficient (Wildman–Crippen LogP) is 3.50.